The molecule has 0 saturated carbocycles. The fraction of sp³-hybridized carbons (Fsp3) is 0.625. The molecule has 1 aromatic carbocycles. The minimum absolute atomic E-state index is 0.135. The van der Waals surface area contributed by atoms with Crippen LogP contribution in [0.5, 0.6) is 0 Å². The van der Waals surface area contributed by atoms with Gasteiger partial charge < -0.3 is 4.55 Å². The van der Waals surface area contributed by atoms with E-state index in [1.54, 1.807) is 12.1 Å². The van der Waals surface area contributed by atoms with E-state index in [0.29, 0.717) is 5.92 Å². The van der Waals surface area contributed by atoms with Crippen LogP contribution in [0.4, 0.5) is 0 Å². The Labute approximate surface area is 123 Å². The van der Waals surface area contributed by atoms with Crippen LogP contribution in [-0.2, 0) is 10.1 Å². The molecule has 0 fully saturated rings. The van der Waals surface area contributed by atoms with Gasteiger partial charge in [0.15, 0.2) is 0 Å². The van der Waals surface area contributed by atoms with Crippen molar-refractivity contribution in [3.8, 4) is 0 Å². The third-order valence-electron chi connectivity index (χ3n) is 3.70. The van der Waals surface area contributed by atoms with E-state index < -0.39 is 10.1 Å². The zero-order chi connectivity index (χ0) is 15.0. The first-order chi connectivity index (χ1) is 9.49. The second kappa shape index (κ2) is 8.42. The highest BCUT2D eigenvalue weighted by molar-refractivity contribution is 7.85. The number of hydrogen-bond acceptors (Lipinski definition) is 3. The van der Waals surface area contributed by atoms with E-state index >= 15 is 0 Å². The summed E-state index contributed by atoms with van der Waals surface area (Å²) in [4.78, 5) is -0.135. The van der Waals surface area contributed by atoms with Crippen molar-refractivity contribution in [3.63, 3.8) is 0 Å². The van der Waals surface area contributed by atoms with Crippen LogP contribution < -0.4 is 0 Å². The number of rotatable bonds is 9. The summed E-state index contributed by atoms with van der Waals surface area (Å²) >= 11 is 0. The van der Waals surface area contributed by atoms with E-state index in [1.807, 2.05) is 0 Å². The molecule has 0 N–H and O–H groups in total. The van der Waals surface area contributed by atoms with E-state index in [0.717, 1.165) is 24.8 Å². The van der Waals surface area contributed by atoms with E-state index in [1.165, 1.54) is 37.8 Å². The molecule has 20 heavy (non-hydrogen) atoms. The van der Waals surface area contributed by atoms with Crippen LogP contribution in [0.15, 0.2) is 29.2 Å². The smallest absolute Gasteiger partial charge is 0.124 e. The summed E-state index contributed by atoms with van der Waals surface area (Å²) < 4.78 is 32.8. The van der Waals surface area contributed by atoms with Crippen LogP contribution >= 0.6 is 0 Å². The van der Waals surface area contributed by atoms with Crippen LogP contribution in [0.25, 0.3) is 0 Å². The molecule has 1 unspecified atom stereocenters. The van der Waals surface area contributed by atoms with E-state index in [9.17, 15) is 13.0 Å². The molecule has 1 atom stereocenters. The molecule has 1 aromatic rings. The van der Waals surface area contributed by atoms with Gasteiger partial charge in [0, 0.05) is 0 Å². The van der Waals surface area contributed by atoms with Gasteiger partial charge in [-0.3, -0.25) is 0 Å². The van der Waals surface area contributed by atoms with Crippen LogP contribution in [0.2, 0.25) is 0 Å². The molecule has 0 amide bonds. The number of benzene rings is 1. The highest BCUT2D eigenvalue weighted by atomic mass is 32.2. The molecule has 0 saturated heterocycles. The Morgan fingerprint density at radius 2 is 1.50 bits per heavy atom. The van der Waals surface area contributed by atoms with Crippen LogP contribution in [-0.4, -0.2) is 13.0 Å². The van der Waals surface area contributed by atoms with Crippen molar-refractivity contribution in [2.24, 2.45) is 0 Å². The summed E-state index contributed by atoms with van der Waals surface area (Å²) in [7, 11) is -4.33. The Hall–Kier alpha value is -0.870. The second-order valence-corrected chi connectivity index (χ2v) is 6.74. The van der Waals surface area contributed by atoms with Gasteiger partial charge in [-0.2, -0.15) is 0 Å². The average molecular weight is 297 g/mol. The van der Waals surface area contributed by atoms with Crippen molar-refractivity contribution < 1.29 is 13.0 Å². The fourth-order valence-corrected chi connectivity index (χ4v) is 2.95. The standard InChI is InChI=1S/C16H26O3S/c1-3-5-7-9-14(8-6-4-2)15-10-12-16(13-11-15)20(17,18)19/h10-14H,3-9H2,1-2H3,(H,17,18,19)/p-1. The second-order valence-electron chi connectivity index (χ2n) is 5.36. The van der Waals surface area contributed by atoms with Crippen molar-refractivity contribution in [3.05, 3.63) is 29.8 Å². The Kier molecular flexibility index (Phi) is 7.24. The molecule has 1 rings (SSSR count). The zero-order valence-corrected chi connectivity index (χ0v) is 13.3. The summed E-state index contributed by atoms with van der Waals surface area (Å²) in [5.74, 6) is 0.477. The molecule has 0 heterocycles. The van der Waals surface area contributed by atoms with Crippen molar-refractivity contribution in [1.82, 2.24) is 0 Å². The van der Waals surface area contributed by atoms with Gasteiger partial charge in [0.1, 0.15) is 10.1 Å². The first-order valence-electron chi connectivity index (χ1n) is 7.54. The molecular formula is C16H25O3S-. The predicted molar refractivity (Wildman–Crippen MR) is 80.8 cm³/mol. The number of hydrogen-bond donors (Lipinski definition) is 0. The number of unbranched alkanes of at least 4 members (excludes halogenated alkanes) is 3. The van der Waals surface area contributed by atoms with Gasteiger partial charge >= 0.3 is 0 Å². The Morgan fingerprint density at radius 1 is 0.950 bits per heavy atom. The van der Waals surface area contributed by atoms with E-state index in [2.05, 4.69) is 13.8 Å². The first kappa shape index (κ1) is 17.2. The minimum atomic E-state index is -4.33. The summed E-state index contributed by atoms with van der Waals surface area (Å²) in [5, 5.41) is 0. The minimum Gasteiger partial charge on any atom is -0.744 e. The normalized spacial score (nSPS) is 13.3. The van der Waals surface area contributed by atoms with Gasteiger partial charge in [0.05, 0.1) is 4.90 Å². The van der Waals surface area contributed by atoms with Crippen LogP contribution in [0.1, 0.15) is 70.3 Å². The fourth-order valence-electron chi connectivity index (χ4n) is 2.48. The first-order valence-corrected chi connectivity index (χ1v) is 8.95. The highest BCUT2D eigenvalue weighted by Crippen LogP contribution is 2.28. The largest absolute Gasteiger partial charge is 0.744 e. The van der Waals surface area contributed by atoms with Gasteiger partial charge in [-0.1, -0.05) is 58.1 Å². The van der Waals surface area contributed by atoms with Crippen LogP contribution in [0, 0.1) is 0 Å². The summed E-state index contributed by atoms with van der Waals surface area (Å²) in [6.07, 6.45) is 8.24. The lowest BCUT2D eigenvalue weighted by Crippen LogP contribution is -2.02. The maximum atomic E-state index is 10.9. The molecule has 4 heteroatoms. The third-order valence-corrected chi connectivity index (χ3v) is 4.55. The summed E-state index contributed by atoms with van der Waals surface area (Å²) in [6.45, 7) is 4.37. The lowest BCUT2D eigenvalue weighted by Gasteiger charge is -2.18. The topological polar surface area (TPSA) is 57.2 Å². The third kappa shape index (κ3) is 5.63. The van der Waals surface area contributed by atoms with Crippen LogP contribution in [0.3, 0.4) is 0 Å². The lowest BCUT2D eigenvalue weighted by atomic mass is 9.89. The lowest BCUT2D eigenvalue weighted by molar-refractivity contribution is 0.463. The summed E-state index contributed by atoms with van der Waals surface area (Å²) in [6, 6.07) is 6.49. The molecule has 0 spiro atoms. The summed E-state index contributed by atoms with van der Waals surface area (Å²) in [5.41, 5.74) is 1.15. The van der Waals surface area contributed by atoms with E-state index in [-0.39, 0.29) is 4.90 Å². The van der Waals surface area contributed by atoms with Gasteiger partial charge in [0.25, 0.3) is 0 Å². The van der Waals surface area contributed by atoms with Crippen molar-refractivity contribution in [2.45, 2.75) is 69.6 Å². The van der Waals surface area contributed by atoms with Crippen molar-refractivity contribution in [2.75, 3.05) is 0 Å². The van der Waals surface area contributed by atoms with Gasteiger partial charge in [-0.05, 0) is 36.5 Å². The molecule has 0 aliphatic heterocycles. The monoisotopic (exact) mass is 297 g/mol. The highest BCUT2D eigenvalue weighted by Gasteiger charge is 2.11. The maximum Gasteiger partial charge on any atom is 0.124 e. The molecule has 0 aliphatic carbocycles. The molecule has 0 radical (unpaired) electrons. The van der Waals surface area contributed by atoms with Gasteiger partial charge in [-0.15, -0.1) is 0 Å². The van der Waals surface area contributed by atoms with Crippen molar-refractivity contribution in [1.29, 1.82) is 0 Å². The predicted octanol–water partition coefficient (Wildman–Crippen LogP) is 4.44. The Balaban J connectivity index is 2.78. The van der Waals surface area contributed by atoms with E-state index in [4.69, 9.17) is 0 Å². The van der Waals surface area contributed by atoms with Gasteiger partial charge in [-0.25, -0.2) is 8.42 Å². The molecule has 0 aliphatic rings. The Bertz CT molecular complexity index is 477. The maximum absolute atomic E-state index is 10.9. The zero-order valence-electron chi connectivity index (χ0n) is 12.5. The quantitative estimate of drug-likeness (QED) is 0.500. The average Bonchev–Trinajstić information content (AvgIpc) is 2.42. The Morgan fingerprint density at radius 3 is 2.00 bits per heavy atom. The molecule has 0 aromatic heterocycles. The van der Waals surface area contributed by atoms with Crippen molar-refractivity contribution >= 4 is 10.1 Å². The molecular weight excluding hydrogens is 272 g/mol. The SMILES string of the molecule is CCCCCC(CCCC)c1ccc(S(=O)(=O)[O-])cc1. The van der Waals surface area contributed by atoms with Gasteiger partial charge in [0.2, 0.25) is 0 Å². The molecule has 114 valence electrons. The molecule has 0 bridgehead atoms. The molecule has 3 nitrogen and oxygen atoms in total.